The molecule has 2 atom stereocenters. The van der Waals surface area contributed by atoms with Gasteiger partial charge in [-0.1, -0.05) is 26.8 Å². The normalized spacial score (nSPS) is 20.0. The summed E-state index contributed by atoms with van der Waals surface area (Å²) >= 11 is 0. The van der Waals surface area contributed by atoms with Crippen molar-refractivity contribution in [3.63, 3.8) is 0 Å². The Morgan fingerprint density at radius 1 is 1.33 bits per heavy atom. The molecule has 1 aliphatic heterocycles. The third kappa shape index (κ3) is 4.92. The molecular formula is C18H30N2O. The first-order valence-corrected chi connectivity index (χ1v) is 8.33. The first-order chi connectivity index (χ1) is 10.1. The number of nitrogens with one attached hydrogen (secondary N) is 1. The molecular weight excluding hydrogens is 260 g/mol. The van der Waals surface area contributed by atoms with Crippen molar-refractivity contribution in [2.24, 2.45) is 5.92 Å². The Hall–Kier alpha value is -1.22. The largest absolute Gasteiger partial charge is 0.491 e. The highest BCUT2D eigenvalue weighted by atomic mass is 16.5. The maximum Gasteiger partial charge on any atom is 0.121 e. The topological polar surface area (TPSA) is 24.5 Å². The van der Waals surface area contributed by atoms with Gasteiger partial charge in [-0.3, -0.25) is 0 Å². The average Bonchev–Trinajstić information content (AvgIpc) is 2.94. The van der Waals surface area contributed by atoms with Crippen molar-refractivity contribution in [2.75, 3.05) is 24.5 Å². The lowest BCUT2D eigenvalue weighted by Crippen LogP contribution is -2.30. The summed E-state index contributed by atoms with van der Waals surface area (Å²) in [6.45, 7) is 12.1. The molecule has 1 heterocycles. The Kier molecular flexibility index (Phi) is 5.92. The highest BCUT2D eigenvalue weighted by Crippen LogP contribution is 2.27. The number of rotatable bonds is 7. The predicted molar refractivity (Wildman–Crippen MR) is 90.3 cm³/mol. The van der Waals surface area contributed by atoms with Gasteiger partial charge in [0, 0.05) is 30.9 Å². The van der Waals surface area contributed by atoms with Gasteiger partial charge in [-0.15, -0.1) is 0 Å². The molecule has 2 unspecified atom stereocenters. The van der Waals surface area contributed by atoms with E-state index >= 15 is 0 Å². The monoisotopic (exact) mass is 290 g/mol. The summed E-state index contributed by atoms with van der Waals surface area (Å²) in [5.41, 5.74) is 1.29. The van der Waals surface area contributed by atoms with E-state index in [0.29, 0.717) is 6.04 Å². The van der Waals surface area contributed by atoms with Gasteiger partial charge < -0.3 is 15.0 Å². The third-order valence-electron chi connectivity index (χ3n) is 4.20. The first kappa shape index (κ1) is 16.2. The van der Waals surface area contributed by atoms with Crippen LogP contribution in [0.1, 0.15) is 40.5 Å². The Bertz CT molecular complexity index is 433. The number of hydrogen-bond donors (Lipinski definition) is 1. The summed E-state index contributed by atoms with van der Waals surface area (Å²) in [6.07, 6.45) is 2.59. The zero-order valence-corrected chi connectivity index (χ0v) is 13.9. The van der Waals surface area contributed by atoms with E-state index in [1.54, 1.807) is 0 Å². The van der Waals surface area contributed by atoms with Crippen LogP contribution in [-0.2, 0) is 0 Å². The van der Waals surface area contributed by atoms with Gasteiger partial charge in [0.25, 0.3) is 0 Å². The van der Waals surface area contributed by atoms with Crippen molar-refractivity contribution in [3.05, 3.63) is 24.3 Å². The summed E-state index contributed by atoms with van der Waals surface area (Å²) in [6, 6.07) is 9.12. The van der Waals surface area contributed by atoms with Crippen LogP contribution in [0.25, 0.3) is 0 Å². The van der Waals surface area contributed by atoms with E-state index in [0.717, 1.165) is 37.7 Å². The predicted octanol–water partition coefficient (Wildman–Crippen LogP) is 3.69. The molecule has 0 spiro atoms. The van der Waals surface area contributed by atoms with Gasteiger partial charge in [0.2, 0.25) is 0 Å². The number of hydrogen-bond acceptors (Lipinski definition) is 3. The minimum atomic E-state index is 0.279. The third-order valence-corrected chi connectivity index (χ3v) is 4.20. The van der Waals surface area contributed by atoms with Gasteiger partial charge >= 0.3 is 0 Å². The Labute approximate surface area is 129 Å². The molecule has 0 radical (unpaired) electrons. The van der Waals surface area contributed by atoms with Crippen LogP contribution in [-0.4, -0.2) is 31.8 Å². The highest BCUT2D eigenvalue weighted by molar-refractivity contribution is 5.51. The van der Waals surface area contributed by atoms with Crippen molar-refractivity contribution < 1.29 is 4.74 Å². The van der Waals surface area contributed by atoms with Gasteiger partial charge in [0.05, 0.1) is 6.10 Å². The molecule has 118 valence electrons. The second-order valence-corrected chi connectivity index (χ2v) is 6.50. The highest BCUT2D eigenvalue weighted by Gasteiger charge is 2.22. The summed E-state index contributed by atoms with van der Waals surface area (Å²) in [5, 5.41) is 3.55. The van der Waals surface area contributed by atoms with E-state index in [2.05, 4.69) is 62.2 Å². The molecule has 3 nitrogen and oxygen atoms in total. The molecule has 2 rings (SSSR count). The van der Waals surface area contributed by atoms with Crippen LogP contribution in [0.3, 0.4) is 0 Å². The molecule has 1 fully saturated rings. The Balaban J connectivity index is 1.92. The molecule has 1 aromatic carbocycles. The molecule has 21 heavy (non-hydrogen) atoms. The molecule has 0 amide bonds. The smallest absolute Gasteiger partial charge is 0.121 e. The molecule has 1 aromatic rings. The van der Waals surface area contributed by atoms with Gasteiger partial charge in [0.15, 0.2) is 0 Å². The van der Waals surface area contributed by atoms with E-state index in [-0.39, 0.29) is 6.10 Å². The van der Waals surface area contributed by atoms with Crippen LogP contribution in [0.5, 0.6) is 5.75 Å². The fourth-order valence-electron chi connectivity index (χ4n) is 2.71. The first-order valence-electron chi connectivity index (χ1n) is 8.33. The molecule has 1 N–H and O–H groups in total. The van der Waals surface area contributed by atoms with Crippen molar-refractivity contribution in [1.29, 1.82) is 0 Å². The second kappa shape index (κ2) is 7.69. The van der Waals surface area contributed by atoms with Gasteiger partial charge in [-0.05, 0) is 44.4 Å². The number of benzene rings is 1. The van der Waals surface area contributed by atoms with Crippen LogP contribution in [0.4, 0.5) is 5.69 Å². The van der Waals surface area contributed by atoms with Crippen LogP contribution in [0.2, 0.25) is 0 Å². The lowest BCUT2D eigenvalue weighted by atomic mass is 10.1. The fraction of sp³-hybridized carbons (Fsp3) is 0.667. The van der Waals surface area contributed by atoms with Gasteiger partial charge in [0.1, 0.15) is 5.75 Å². The average molecular weight is 290 g/mol. The minimum Gasteiger partial charge on any atom is -0.491 e. The molecule has 1 aliphatic rings. The molecule has 0 aromatic heterocycles. The zero-order chi connectivity index (χ0) is 15.2. The molecule has 0 bridgehead atoms. The van der Waals surface area contributed by atoms with Gasteiger partial charge in [-0.25, -0.2) is 0 Å². The lowest BCUT2D eigenvalue weighted by molar-refractivity contribution is 0.217. The van der Waals surface area contributed by atoms with E-state index in [4.69, 9.17) is 4.74 Å². The van der Waals surface area contributed by atoms with E-state index in [1.807, 2.05) is 0 Å². The Morgan fingerprint density at radius 2 is 2.14 bits per heavy atom. The summed E-state index contributed by atoms with van der Waals surface area (Å²) < 4.78 is 5.93. The minimum absolute atomic E-state index is 0.279. The number of ether oxygens (including phenoxy) is 1. The van der Waals surface area contributed by atoms with E-state index in [1.165, 1.54) is 12.1 Å². The van der Waals surface area contributed by atoms with Crippen molar-refractivity contribution in [1.82, 2.24) is 5.32 Å². The summed E-state index contributed by atoms with van der Waals surface area (Å²) in [7, 11) is 0. The van der Waals surface area contributed by atoms with Crippen LogP contribution in [0, 0.1) is 5.92 Å². The molecule has 3 heteroatoms. The second-order valence-electron chi connectivity index (χ2n) is 6.50. The number of nitrogens with zero attached hydrogens (tertiary/aromatic N) is 1. The van der Waals surface area contributed by atoms with Crippen LogP contribution in [0.15, 0.2) is 24.3 Å². The molecule has 1 saturated heterocycles. The number of anilines is 1. The van der Waals surface area contributed by atoms with Crippen molar-refractivity contribution >= 4 is 5.69 Å². The summed E-state index contributed by atoms with van der Waals surface area (Å²) in [4.78, 5) is 2.48. The molecule has 0 saturated carbocycles. The standard InChI is InChI=1S/C18H30N2O/c1-5-15(4)21-18-8-6-7-17(11-18)20-10-9-16(13-20)12-19-14(2)3/h6-8,11,14-16,19H,5,9-10,12-13H2,1-4H3. The SMILES string of the molecule is CCC(C)Oc1cccc(N2CCC(CNC(C)C)C2)c1. The Morgan fingerprint density at radius 3 is 2.86 bits per heavy atom. The quantitative estimate of drug-likeness (QED) is 0.829. The maximum absolute atomic E-state index is 5.93. The zero-order valence-electron chi connectivity index (χ0n) is 13.9. The van der Waals surface area contributed by atoms with Crippen LogP contribution < -0.4 is 15.0 Å². The van der Waals surface area contributed by atoms with Crippen molar-refractivity contribution in [2.45, 2.75) is 52.7 Å². The molecule has 0 aliphatic carbocycles. The van der Waals surface area contributed by atoms with E-state index in [9.17, 15) is 0 Å². The van der Waals surface area contributed by atoms with Gasteiger partial charge in [-0.2, -0.15) is 0 Å². The van der Waals surface area contributed by atoms with E-state index < -0.39 is 0 Å². The maximum atomic E-state index is 5.93. The lowest BCUT2D eigenvalue weighted by Gasteiger charge is -2.21. The summed E-state index contributed by atoms with van der Waals surface area (Å²) in [5.74, 6) is 1.75. The fourth-order valence-corrected chi connectivity index (χ4v) is 2.71. The van der Waals surface area contributed by atoms with Crippen molar-refractivity contribution in [3.8, 4) is 5.75 Å². The van der Waals surface area contributed by atoms with Crippen LogP contribution >= 0.6 is 0 Å².